The Morgan fingerprint density at radius 3 is 2.68 bits per heavy atom. The predicted molar refractivity (Wildman–Crippen MR) is 70.0 cm³/mol. The van der Waals surface area contributed by atoms with Crippen LogP contribution < -0.4 is 14.8 Å². The first-order valence-electron chi connectivity index (χ1n) is 5.84. The van der Waals surface area contributed by atoms with Gasteiger partial charge in [0.05, 0.1) is 13.3 Å². The molecular formula is C14H15FN2O2. The molecule has 100 valence electrons. The molecule has 0 saturated carbocycles. The zero-order valence-electron chi connectivity index (χ0n) is 10.8. The second kappa shape index (κ2) is 6.15. The van der Waals surface area contributed by atoms with Gasteiger partial charge in [-0.2, -0.15) is 0 Å². The second-order valence-corrected chi connectivity index (χ2v) is 3.90. The van der Waals surface area contributed by atoms with E-state index in [2.05, 4.69) is 10.3 Å². The summed E-state index contributed by atoms with van der Waals surface area (Å²) >= 11 is 0. The third kappa shape index (κ3) is 3.20. The van der Waals surface area contributed by atoms with Gasteiger partial charge in [-0.15, -0.1) is 0 Å². The number of aromatic nitrogens is 1. The van der Waals surface area contributed by atoms with E-state index in [4.69, 9.17) is 9.47 Å². The molecule has 1 aromatic carbocycles. The van der Waals surface area contributed by atoms with Gasteiger partial charge in [0, 0.05) is 12.1 Å². The molecule has 4 nitrogen and oxygen atoms in total. The highest BCUT2D eigenvalue weighted by atomic mass is 19.1. The van der Waals surface area contributed by atoms with Crippen LogP contribution in [0.15, 0.2) is 36.5 Å². The fraction of sp³-hybridized carbons (Fsp3) is 0.214. The second-order valence-electron chi connectivity index (χ2n) is 3.90. The van der Waals surface area contributed by atoms with Gasteiger partial charge in [-0.3, -0.25) is 0 Å². The summed E-state index contributed by atoms with van der Waals surface area (Å²) in [6.07, 6.45) is 1.13. The van der Waals surface area contributed by atoms with Crippen LogP contribution in [0.5, 0.6) is 17.4 Å². The third-order valence-electron chi connectivity index (χ3n) is 2.53. The fourth-order valence-electron chi connectivity index (χ4n) is 1.68. The van der Waals surface area contributed by atoms with Crippen molar-refractivity contribution in [2.45, 2.75) is 6.54 Å². The first-order chi connectivity index (χ1) is 9.24. The fourth-order valence-corrected chi connectivity index (χ4v) is 1.68. The molecule has 0 unspecified atom stereocenters. The highest BCUT2D eigenvalue weighted by molar-refractivity contribution is 5.42. The molecule has 0 radical (unpaired) electrons. The van der Waals surface area contributed by atoms with Crippen LogP contribution >= 0.6 is 0 Å². The summed E-state index contributed by atoms with van der Waals surface area (Å²) in [5.41, 5.74) is 0.647. The molecule has 0 fully saturated rings. The minimum atomic E-state index is -0.391. The van der Waals surface area contributed by atoms with Crippen LogP contribution in [0.1, 0.15) is 5.56 Å². The molecule has 0 aliphatic carbocycles. The van der Waals surface area contributed by atoms with Gasteiger partial charge in [0.25, 0.3) is 0 Å². The van der Waals surface area contributed by atoms with Crippen molar-refractivity contribution >= 4 is 0 Å². The summed E-state index contributed by atoms with van der Waals surface area (Å²) < 4.78 is 24.1. The van der Waals surface area contributed by atoms with Crippen LogP contribution in [-0.4, -0.2) is 19.1 Å². The Morgan fingerprint density at radius 1 is 1.26 bits per heavy atom. The SMILES string of the molecule is CNCc1cc(F)cnc1Oc1ccccc1OC. The number of benzene rings is 1. The quantitative estimate of drug-likeness (QED) is 0.899. The zero-order valence-corrected chi connectivity index (χ0v) is 10.8. The van der Waals surface area contributed by atoms with Crippen LogP contribution in [-0.2, 0) is 6.54 Å². The summed E-state index contributed by atoms with van der Waals surface area (Å²) in [5.74, 6) is 1.11. The van der Waals surface area contributed by atoms with E-state index in [9.17, 15) is 4.39 Å². The molecule has 19 heavy (non-hydrogen) atoms. The van der Waals surface area contributed by atoms with E-state index < -0.39 is 5.82 Å². The number of hydrogen-bond donors (Lipinski definition) is 1. The van der Waals surface area contributed by atoms with Gasteiger partial charge in [0.1, 0.15) is 5.82 Å². The number of halogens is 1. The van der Waals surface area contributed by atoms with Crippen molar-refractivity contribution in [3.05, 3.63) is 47.9 Å². The maximum Gasteiger partial charge on any atom is 0.224 e. The normalized spacial score (nSPS) is 10.3. The Balaban J connectivity index is 2.32. The van der Waals surface area contributed by atoms with Crippen molar-refractivity contribution in [3.8, 4) is 17.4 Å². The van der Waals surface area contributed by atoms with Gasteiger partial charge < -0.3 is 14.8 Å². The summed E-state index contributed by atoms with van der Waals surface area (Å²) in [7, 11) is 3.34. The van der Waals surface area contributed by atoms with Crippen molar-refractivity contribution in [2.24, 2.45) is 0 Å². The Bertz CT molecular complexity index is 561. The lowest BCUT2D eigenvalue weighted by atomic mass is 10.2. The van der Waals surface area contributed by atoms with E-state index in [0.717, 1.165) is 6.20 Å². The molecule has 2 rings (SSSR count). The Morgan fingerprint density at radius 2 is 2.00 bits per heavy atom. The van der Waals surface area contributed by atoms with Crippen molar-refractivity contribution in [1.29, 1.82) is 0 Å². The average molecular weight is 262 g/mol. The molecule has 0 amide bonds. The van der Waals surface area contributed by atoms with Crippen LogP contribution in [0, 0.1) is 5.82 Å². The Kier molecular flexibility index (Phi) is 4.30. The highest BCUT2D eigenvalue weighted by Gasteiger charge is 2.10. The number of nitrogens with one attached hydrogen (secondary N) is 1. The lowest BCUT2D eigenvalue weighted by Crippen LogP contribution is -2.08. The minimum absolute atomic E-state index is 0.361. The van der Waals surface area contributed by atoms with Crippen molar-refractivity contribution in [3.63, 3.8) is 0 Å². The maximum absolute atomic E-state index is 13.2. The zero-order chi connectivity index (χ0) is 13.7. The van der Waals surface area contributed by atoms with Gasteiger partial charge in [-0.1, -0.05) is 12.1 Å². The van der Waals surface area contributed by atoms with E-state index in [1.165, 1.54) is 6.07 Å². The molecule has 0 atom stereocenters. The number of rotatable bonds is 5. The molecule has 2 aromatic rings. The van der Waals surface area contributed by atoms with Gasteiger partial charge in [-0.25, -0.2) is 9.37 Å². The van der Waals surface area contributed by atoms with Gasteiger partial charge in [-0.05, 0) is 25.2 Å². The van der Waals surface area contributed by atoms with E-state index >= 15 is 0 Å². The Labute approximate surface area is 111 Å². The lowest BCUT2D eigenvalue weighted by Gasteiger charge is -2.12. The molecule has 1 N–H and O–H groups in total. The molecule has 1 aromatic heterocycles. The van der Waals surface area contributed by atoms with E-state index in [-0.39, 0.29) is 0 Å². The number of nitrogens with zero attached hydrogens (tertiary/aromatic N) is 1. The van der Waals surface area contributed by atoms with Gasteiger partial charge in [0.15, 0.2) is 11.5 Å². The monoisotopic (exact) mass is 262 g/mol. The number of para-hydroxylation sites is 2. The van der Waals surface area contributed by atoms with Crippen molar-refractivity contribution < 1.29 is 13.9 Å². The number of pyridine rings is 1. The number of hydrogen-bond acceptors (Lipinski definition) is 4. The standard InChI is InChI=1S/C14H15FN2O2/c1-16-8-10-7-11(15)9-17-14(10)19-13-6-4-3-5-12(13)18-2/h3-7,9,16H,8H2,1-2H3. The van der Waals surface area contributed by atoms with Crippen LogP contribution in [0.2, 0.25) is 0 Å². The summed E-state index contributed by atoms with van der Waals surface area (Å²) in [4.78, 5) is 3.97. The average Bonchev–Trinajstić information content (AvgIpc) is 2.43. The summed E-state index contributed by atoms with van der Waals surface area (Å²) in [6, 6.07) is 8.63. The molecule has 0 bridgehead atoms. The van der Waals surface area contributed by atoms with E-state index in [1.54, 1.807) is 26.3 Å². The molecule has 0 aliphatic heterocycles. The summed E-state index contributed by atoms with van der Waals surface area (Å²) in [6.45, 7) is 0.468. The van der Waals surface area contributed by atoms with E-state index in [0.29, 0.717) is 29.5 Å². The van der Waals surface area contributed by atoms with Gasteiger partial charge >= 0.3 is 0 Å². The highest BCUT2D eigenvalue weighted by Crippen LogP contribution is 2.31. The van der Waals surface area contributed by atoms with Crippen molar-refractivity contribution in [2.75, 3.05) is 14.2 Å². The number of ether oxygens (including phenoxy) is 2. The number of methoxy groups -OCH3 is 1. The molecule has 0 aliphatic rings. The minimum Gasteiger partial charge on any atom is -0.493 e. The smallest absolute Gasteiger partial charge is 0.224 e. The van der Waals surface area contributed by atoms with Crippen LogP contribution in [0.25, 0.3) is 0 Å². The summed E-state index contributed by atoms with van der Waals surface area (Å²) in [5, 5.41) is 2.95. The Hall–Kier alpha value is -2.14. The molecule has 0 saturated heterocycles. The van der Waals surface area contributed by atoms with Gasteiger partial charge in [0.2, 0.25) is 5.88 Å². The largest absolute Gasteiger partial charge is 0.493 e. The van der Waals surface area contributed by atoms with E-state index in [1.807, 2.05) is 12.1 Å². The molecule has 5 heteroatoms. The first kappa shape index (κ1) is 13.3. The predicted octanol–water partition coefficient (Wildman–Crippen LogP) is 2.74. The lowest BCUT2D eigenvalue weighted by molar-refractivity contribution is 0.371. The molecule has 0 spiro atoms. The first-order valence-corrected chi connectivity index (χ1v) is 5.84. The van der Waals surface area contributed by atoms with Crippen LogP contribution in [0.4, 0.5) is 4.39 Å². The maximum atomic E-state index is 13.2. The molecular weight excluding hydrogens is 247 g/mol. The third-order valence-corrected chi connectivity index (χ3v) is 2.53. The van der Waals surface area contributed by atoms with Crippen LogP contribution in [0.3, 0.4) is 0 Å². The topological polar surface area (TPSA) is 43.4 Å². The molecule has 1 heterocycles. The van der Waals surface area contributed by atoms with Crippen molar-refractivity contribution in [1.82, 2.24) is 10.3 Å².